The third-order valence-corrected chi connectivity index (χ3v) is 3.73. The Bertz CT molecular complexity index is 425. The zero-order valence-corrected chi connectivity index (χ0v) is 11.2. The Morgan fingerprint density at radius 3 is 2.88 bits per heavy atom. The van der Waals surface area contributed by atoms with Crippen molar-refractivity contribution in [3.63, 3.8) is 0 Å². The van der Waals surface area contributed by atoms with Crippen LogP contribution in [0.25, 0.3) is 0 Å². The van der Waals surface area contributed by atoms with Gasteiger partial charge in [-0.1, -0.05) is 6.07 Å². The third-order valence-electron chi connectivity index (χ3n) is 3.00. The van der Waals surface area contributed by atoms with Gasteiger partial charge in [-0.3, -0.25) is 9.88 Å². The number of nitrogens with zero attached hydrogens (tertiary/aromatic N) is 2. The summed E-state index contributed by atoms with van der Waals surface area (Å²) in [5.41, 5.74) is 2.56. The van der Waals surface area contributed by atoms with E-state index in [0.29, 0.717) is 6.04 Å². The second kappa shape index (κ2) is 5.94. The Morgan fingerprint density at radius 1 is 1.35 bits per heavy atom. The highest BCUT2D eigenvalue weighted by molar-refractivity contribution is 7.07. The van der Waals surface area contributed by atoms with Crippen molar-refractivity contribution in [3.8, 4) is 0 Å². The molecular formula is C14H18N2S. The van der Waals surface area contributed by atoms with Gasteiger partial charge in [-0.15, -0.1) is 0 Å². The van der Waals surface area contributed by atoms with Crippen molar-refractivity contribution in [1.29, 1.82) is 0 Å². The van der Waals surface area contributed by atoms with E-state index in [9.17, 15) is 0 Å². The third kappa shape index (κ3) is 3.65. The van der Waals surface area contributed by atoms with Crippen molar-refractivity contribution in [2.45, 2.75) is 25.9 Å². The number of rotatable bonds is 5. The van der Waals surface area contributed by atoms with Gasteiger partial charge in [0, 0.05) is 30.9 Å². The topological polar surface area (TPSA) is 16.1 Å². The Labute approximate surface area is 107 Å². The van der Waals surface area contributed by atoms with Gasteiger partial charge in [-0.2, -0.15) is 11.3 Å². The van der Waals surface area contributed by atoms with Crippen LogP contribution >= 0.6 is 11.3 Å². The first-order chi connectivity index (χ1) is 8.25. The Kier molecular flexibility index (Phi) is 4.29. The summed E-state index contributed by atoms with van der Waals surface area (Å²) in [7, 11) is 2.17. The lowest BCUT2D eigenvalue weighted by molar-refractivity contribution is 0.247. The zero-order valence-electron chi connectivity index (χ0n) is 10.3. The van der Waals surface area contributed by atoms with Crippen LogP contribution in [-0.2, 0) is 13.0 Å². The maximum absolute atomic E-state index is 4.37. The lowest BCUT2D eigenvalue weighted by atomic mass is 10.1. The first-order valence-corrected chi connectivity index (χ1v) is 6.81. The Balaban J connectivity index is 1.89. The highest BCUT2D eigenvalue weighted by atomic mass is 32.1. The quantitative estimate of drug-likeness (QED) is 0.805. The van der Waals surface area contributed by atoms with Crippen LogP contribution in [0.1, 0.15) is 18.2 Å². The fourth-order valence-electron chi connectivity index (χ4n) is 1.80. The molecule has 90 valence electrons. The van der Waals surface area contributed by atoms with E-state index < -0.39 is 0 Å². The molecule has 3 heteroatoms. The van der Waals surface area contributed by atoms with E-state index in [1.165, 1.54) is 5.56 Å². The predicted octanol–water partition coefficient (Wildman–Crippen LogP) is 3.21. The van der Waals surface area contributed by atoms with E-state index >= 15 is 0 Å². The molecular weight excluding hydrogens is 228 g/mol. The maximum atomic E-state index is 4.37. The van der Waals surface area contributed by atoms with E-state index in [-0.39, 0.29) is 0 Å². The largest absolute Gasteiger partial charge is 0.299 e. The van der Waals surface area contributed by atoms with Crippen LogP contribution in [0.4, 0.5) is 0 Å². The fraction of sp³-hybridized carbons (Fsp3) is 0.357. The Morgan fingerprint density at radius 2 is 2.24 bits per heavy atom. The van der Waals surface area contributed by atoms with E-state index in [1.54, 1.807) is 11.3 Å². The number of likely N-dealkylation sites (N-methyl/N-ethyl adjacent to an activating group) is 1. The van der Waals surface area contributed by atoms with Gasteiger partial charge in [-0.05, 0) is 48.5 Å². The minimum Gasteiger partial charge on any atom is -0.299 e. The molecule has 0 aliphatic heterocycles. The molecule has 0 saturated heterocycles. The molecule has 0 N–H and O–H groups in total. The minimum atomic E-state index is 0.504. The maximum Gasteiger partial charge on any atom is 0.0419 e. The van der Waals surface area contributed by atoms with Crippen molar-refractivity contribution < 1.29 is 0 Å². The van der Waals surface area contributed by atoms with Crippen molar-refractivity contribution in [2.24, 2.45) is 0 Å². The van der Waals surface area contributed by atoms with Gasteiger partial charge in [-0.25, -0.2) is 0 Å². The summed E-state index contributed by atoms with van der Waals surface area (Å²) in [6.45, 7) is 3.26. The summed E-state index contributed by atoms with van der Waals surface area (Å²) in [5, 5.41) is 4.34. The zero-order chi connectivity index (χ0) is 12.1. The summed E-state index contributed by atoms with van der Waals surface area (Å²) < 4.78 is 0. The SMILES string of the molecule is C[C@H](Cc1ccccn1)N(C)Cc1ccsc1. The van der Waals surface area contributed by atoms with Crippen LogP contribution in [0, 0.1) is 0 Å². The molecule has 2 nitrogen and oxygen atoms in total. The van der Waals surface area contributed by atoms with Gasteiger partial charge in [0.05, 0.1) is 0 Å². The minimum absolute atomic E-state index is 0.504. The molecule has 2 aromatic rings. The monoisotopic (exact) mass is 246 g/mol. The molecule has 0 bridgehead atoms. The number of aromatic nitrogens is 1. The molecule has 0 unspecified atom stereocenters. The van der Waals surface area contributed by atoms with E-state index in [2.05, 4.69) is 46.7 Å². The summed E-state index contributed by atoms with van der Waals surface area (Å²) in [6, 6.07) is 8.80. The van der Waals surface area contributed by atoms with Crippen LogP contribution in [0.15, 0.2) is 41.2 Å². The predicted molar refractivity (Wildman–Crippen MR) is 73.2 cm³/mol. The summed E-state index contributed by atoms with van der Waals surface area (Å²) >= 11 is 1.76. The van der Waals surface area contributed by atoms with Gasteiger partial charge in [0.25, 0.3) is 0 Å². The second-order valence-corrected chi connectivity index (χ2v) is 5.20. The number of thiophene rings is 1. The first kappa shape index (κ1) is 12.3. The van der Waals surface area contributed by atoms with Crippen LogP contribution in [0.3, 0.4) is 0 Å². The van der Waals surface area contributed by atoms with Crippen molar-refractivity contribution in [1.82, 2.24) is 9.88 Å². The fourth-order valence-corrected chi connectivity index (χ4v) is 2.46. The molecule has 17 heavy (non-hydrogen) atoms. The molecule has 0 spiro atoms. The van der Waals surface area contributed by atoms with Crippen LogP contribution in [0.5, 0.6) is 0 Å². The second-order valence-electron chi connectivity index (χ2n) is 4.42. The molecule has 0 aliphatic rings. The highest BCUT2D eigenvalue weighted by Crippen LogP contribution is 2.12. The van der Waals surface area contributed by atoms with Crippen molar-refractivity contribution in [3.05, 3.63) is 52.5 Å². The van der Waals surface area contributed by atoms with Crippen LogP contribution < -0.4 is 0 Å². The Hall–Kier alpha value is -1.19. The molecule has 0 amide bonds. The first-order valence-electron chi connectivity index (χ1n) is 5.87. The lowest BCUT2D eigenvalue weighted by Gasteiger charge is -2.24. The van der Waals surface area contributed by atoms with Gasteiger partial charge in [0.1, 0.15) is 0 Å². The van der Waals surface area contributed by atoms with E-state index in [4.69, 9.17) is 0 Å². The number of pyridine rings is 1. The molecule has 1 atom stereocenters. The summed E-state index contributed by atoms with van der Waals surface area (Å²) in [5.74, 6) is 0. The van der Waals surface area contributed by atoms with Crippen LogP contribution in [0.2, 0.25) is 0 Å². The number of hydrogen-bond donors (Lipinski definition) is 0. The van der Waals surface area contributed by atoms with E-state index in [1.807, 2.05) is 18.3 Å². The van der Waals surface area contributed by atoms with Gasteiger partial charge < -0.3 is 0 Å². The van der Waals surface area contributed by atoms with Gasteiger partial charge in [0.15, 0.2) is 0 Å². The smallest absolute Gasteiger partial charge is 0.0419 e. The van der Waals surface area contributed by atoms with Crippen molar-refractivity contribution >= 4 is 11.3 Å². The molecule has 2 aromatic heterocycles. The molecule has 0 radical (unpaired) electrons. The average Bonchev–Trinajstić information content (AvgIpc) is 2.83. The molecule has 0 fully saturated rings. The average molecular weight is 246 g/mol. The summed E-state index contributed by atoms with van der Waals surface area (Å²) in [6.07, 6.45) is 2.86. The van der Waals surface area contributed by atoms with Crippen molar-refractivity contribution in [2.75, 3.05) is 7.05 Å². The molecule has 0 aliphatic carbocycles. The molecule has 2 rings (SSSR count). The number of hydrogen-bond acceptors (Lipinski definition) is 3. The normalized spacial score (nSPS) is 12.9. The standard InChI is InChI=1S/C14H18N2S/c1-12(9-14-5-3-4-7-15-14)16(2)10-13-6-8-17-11-13/h3-8,11-12H,9-10H2,1-2H3/t12-/m1/s1. The lowest BCUT2D eigenvalue weighted by Crippen LogP contribution is -2.30. The van der Waals surface area contributed by atoms with E-state index in [0.717, 1.165) is 18.7 Å². The summed E-state index contributed by atoms with van der Waals surface area (Å²) in [4.78, 5) is 6.75. The van der Waals surface area contributed by atoms with Gasteiger partial charge in [0.2, 0.25) is 0 Å². The molecule has 0 aromatic carbocycles. The molecule has 2 heterocycles. The van der Waals surface area contributed by atoms with Gasteiger partial charge >= 0.3 is 0 Å². The molecule has 0 saturated carbocycles. The van der Waals surface area contributed by atoms with Crippen LogP contribution in [-0.4, -0.2) is 23.0 Å². The highest BCUT2D eigenvalue weighted by Gasteiger charge is 2.11.